The van der Waals surface area contributed by atoms with Gasteiger partial charge < -0.3 is 0 Å². The Morgan fingerprint density at radius 2 is 1.50 bits per heavy atom. The number of fused-ring (bicyclic) bond motifs is 1. The second kappa shape index (κ2) is 4.13. The van der Waals surface area contributed by atoms with Crippen molar-refractivity contribution in [1.29, 1.82) is 0 Å². The van der Waals surface area contributed by atoms with Crippen molar-refractivity contribution in [2.45, 2.75) is 26.7 Å². The first kappa shape index (κ1) is 11.3. The molecule has 2 aromatic rings. The first-order valence-corrected chi connectivity index (χ1v) is 6.52. The summed E-state index contributed by atoms with van der Waals surface area (Å²) < 4.78 is 0. The highest BCUT2D eigenvalue weighted by Crippen LogP contribution is 2.46. The molecule has 0 radical (unpaired) electrons. The van der Waals surface area contributed by atoms with Gasteiger partial charge in [-0.25, -0.2) is 0 Å². The molecule has 0 N–H and O–H groups in total. The Kier molecular flexibility index (Phi) is 2.59. The van der Waals surface area contributed by atoms with E-state index in [1.807, 2.05) is 0 Å². The molecular weight excluding hydrogens is 216 g/mol. The van der Waals surface area contributed by atoms with Gasteiger partial charge in [0.2, 0.25) is 0 Å². The lowest BCUT2D eigenvalue weighted by molar-refractivity contribution is 0.973. The van der Waals surface area contributed by atoms with Gasteiger partial charge in [-0.3, -0.25) is 0 Å². The van der Waals surface area contributed by atoms with E-state index in [1.165, 1.54) is 33.4 Å². The highest BCUT2D eigenvalue weighted by molar-refractivity contribution is 5.80. The second-order valence-corrected chi connectivity index (χ2v) is 5.19. The van der Waals surface area contributed by atoms with E-state index in [0.717, 1.165) is 0 Å². The fraction of sp³-hybridized carbons (Fsp3) is 0.222. The Bertz CT molecular complexity index is 618. The topological polar surface area (TPSA) is 0 Å². The van der Waals surface area contributed by atoms with Crippen molar-refractivity contribution in [3.63, 3.8) is 0 Å². The van der Waals surface area contributed by atoms with E-state index in [9.17, 15) is 0 Å². The minimum atomic E-state index is 0.445. The maximum Gasteiger partial charge on any atom is 0.0308 e. The van der Waals surface area contributed by atoms with E-state index in [2.05, 4.69) is 69.3 Å². The normalized spacial score (nSPS) is 18.1. The van der Waals surface area contributed by atoms with Crippen molar-refractivity contribution in [3.8, 4) is 0 Å². The first-order chi connectivity index (χ1) is 8.70. The van der Waals surface area contributed by atoms with Gasteiger partial charge in [0, 0.05) is 5.92 Å². The number of benzene rings is 2. The quantitative estimate of drug-likeness (QED) is 0.656. The summed E-state index contributed by atoms with van der Waals surface area (Å²) >= 11 is 0. The zero-order chi connectivity index (χ0) is 12.7. The average molecular weight is 234 g/mol. The molecule has 0 aliphatic heterocycles. The highest BCUT2D eigenvalue weighted by atomic mass is 14.3. The molecule has 0 heteroatoms. The van der Waals surface area contributed by atoms with Gasteiger partial charge in [0.1, 0.15) is 0 Å². The van der Waals surface area contributed by atoms with Crippen LogP contribution in [0, 0.1) is 6.92 Å². The third kappa shape index (κ3) is 1.53. The maximum atomic E-state index is 2.28. The summed E-state index contributed by atoms with van der Waals surface area (Å²) in [7, 11) is 0. The summed E-state index contributed by atoms with van der Waals surface area (Å²) in [5.74, 6) is 0.445. The minimum absolute atomic E-state index is 0.445. The molecule has 0 bridgehead atoms. The number of hydrogen-bond acceptors (Lipinski definition) is 0. The molecule has 90 valence electrons. The lowest BCUT2D eigenvalue weighted by Gasteiger charge is -2.15. The van der Waals surface area contributed by atoms with Crippen LogP contribution >= 0.6 is 0 Å². The van der Waals surface area contributed by atoms with Crippen molar-refractivity contribution in [3.05, 3.63) is 76.4 Å². The van der Waals surface area contributed by atoms with E-state index in [0.29, 0.717) is 5.92 Å². The first-order valence-electron chi connectivity index (χ1n) is 6.52. The zero-order valence-electron chi connectivity index (χ0n) is 11.2. The van der Waals surface area contributed by atoms with E-state index in [1.54, 1.807) is 0 Å². The van der Waals surface area contributed by atoms with Crippen LogP contribution in [0.5, 0.6) is 0 Å². The van der Waals surface area contributed by atoms with Gasteiger partial charge in [0.25, 0.3) is 0 Å². The average Bonchev–Trinajstić information content (AvgIpc) is 2.64. The van der Waals surface area contributed by atoms with Gasteiger partial charge in [-0.1, -0.05) is 54.1 Å². The maximum absolute atomic E-state index is 2.28. The lowest BCUT2D eigenvalue weighted by Crippen LogP contribution is -1.99. The van der Waals surface area contributed by atoms with E-state index in [-0.39, 0.29) is 0 Å². The summed E-state index contributed by atoms with van der Waals surface area (Å²) in [4.78, 5) is 0. The molecule has 18 heavy (non-hydrogen) atoms. The van der Waals surface area contributed by atoms with Crippen LogP contribution in [-0.4, -0.2) is 0 Å². The molecule has 0 heterocycles. The van der Waals surface area contributed by atoms with Crippen molar-refractivity contribution < 1.29 is 0 Å². The monoisotopic (exact) mass is 234 g/mol. The van der Waals surface area contributed by atoms with Gasteiger partial charge >= 0.3 is 0 Å². The van der Waals surface area contributed by atoms with Crippen molar-refractivity contribution >= 4 is 5.57 Å². The zero-order valence-corrected chi connectivity index (χ0v) is 11.2. The largest absolute Gasteiger partial charge is 0.0622 e. The van der Waals surface area contributed by atoms with Crippen molar-refractivity contribution in [1.82, 2.24) is 0 Å². The Hall–Kier alpha value is -1.82. The fourth-order valence-electron chi connectivity index (χ4n) is 3.17. The lowest BCUT2D eigenvalue weighted by atomic mass is 9.88. The van der Waals surface area contributed by atoms with Crippen LogP contribution in [0.2, 0.25) is 0 Å². The minimum Gasteiger partial charge on any atom is -0.0622 e. The van der Waals surface area contributed by atoms with Crippen LogP contribution in [0.25, 0.3) is 5.57 Å². The van der Waals surface area contributed by atoms with E-state index in [4.69, 9.17) is 0 Å². The van der Waals surface area contributed by atoms with Gasteiger partial charge in [-0.2, -0.15) is 0 Å². The number of aryl methyl sites for hydroxylation is 1. The number of rotatable bonds is 1. The van der Waals surface area contributed by atoms with E-state index < -0.39 is 0 Å². The predicted molar refractivity (Wildman–Crippen MR) is 77.7 cm³/mol. The van der Waals surface area contributed by atoms with Gasteiger partial charge in [0.15, 0.2) is 0 Å². The molecule has 2 aromatic carbocycles. The van der Waals surface area contributed by atoms with Gasteiger partial charge in [-0.05, 0) is 48.6 Å². The summed E-state index contributed by atoms with van der Waals surface area (Å²) in [5, 5.41) is 0. The fourth-order valence-corrected chi connectivity index (χ4v) is 3.17. The Balaban J connectivity index is 2.23. The third-order valence-electron chi connectivity index (χ3n) is 4.15. The summed E-state index contributed by atoms with van der Waals surface area (Å²) in [6.07, 6.45) is 0. The molecule has 0 fully saturated rings. The molecule has 3 rings (SSSR count). The molecule has 0 saturated heterocycles. The van der Waals surface area contributed by atoms with E-state index >= 15 is 0 Å². The molecular formula is C18H18. The Labute approximate surface area is 109 Å². The molecule has 1 aliphatic rings. The summed E-state index contributed by atoms with van der Waals surface area (Å²) in [6.45, 7) is 6.74. The number of allylic oxidation sites excluding steroid dienone is 2. The van der Waals surface area contributed by atoms with Crippen LogP contribution in [-0.2, 0) is 0 Å². The SMILES string of the molecule is CC1=C(C)C(c2ccccc2)c2cccc(C)c21. The smallest absolute Gasteiger partial charge is 0.0308 e. The highest BCUT2D eigenvalue weighted by Gasteiger charge is 2.28. The van der Waals surface area contributed by atoms with Crippen LogP contribution in [0.3, 0.4) is 0 Å². The van der Waals surface area contributed by atoms with Crippen molar-refractivity contribution in [2.24, 2.45) is 0 Å². The molecule has 0 spiro atoms. The summed E-state index contributed by atoms with van der Waals surface area (Å²) in [6, 6.07) is 17.5. The number of hydrogen-bond donors (Lipinski definition) is 0. The molecule has 1 unspecified atom stereocenters. The van der Waals surface area contributed by atoms with Crippen LogP contribution < -0.4 is 0 Å². The standard InChI is InChI=1S/C18H18/c1-12-8-7-11-16-17(12)13(2)14(3)18(16)15-9-5-4-6-10-15/h4-11,18H,1-3H3. The molecule has 1 atom stereocenters. The summed E-state index contributed by atoms with van der Waals surface area (Å²) in [5.41, 5.74) is 8.67. The molecule has 0 saturated carbocycles. The van der Waals surface area contributed by atoms with Crippen LogP contribution in [0.1, 0.15) is 42.0 Å². The second-order valence-electron chi connectivity index (χ2n) is 5.19. The van der Waals surface area contributed by atoms with Gasteiger partial charge in [0.05, 0.1) is 0 Å². The predicted octanol–water partition coefficient (Wildman–Crippen LogP) is 4.93. The van der Waals surface area contributed by atoms with Crippen LogP contribution in [0.4, 0.5) is 0 Å². The molecule has 0 nitrogen and oxygen atoms in total. The Morgan fingerprint density at radius 1 is 0.778 bits per heavy atom. The molecule has 0 aromatic heterocycles. The molecule has 0 amide bonds. The third-order valence-corrected chi connectivity index (χ3v) is 4.15. The van der Waals surface area contributed by atoms with Crippen LogP contribution in [0.15, 0.2) is 54.1 Å². The Morgan fingerprint density at radius 3 is 2.22 bits per heavy atom. The molecule has 1 aliphatic carbocycles. The van der Waals surface area contributed by atoms with Gasteiger partial charge in [-0.15, -0.1) is 0 Å². The van der Waals surface area contributed by atoms with Crippen molar-refractivity contribution in [2.75, 3.05) is 0 Å².